The van der Waals surface area contributed by atoms with Crippen LogP contribution in [0.25, 0.3) is 0 Å². The number of aliphatic hydroxyl groups is 1. The van der Waals surface area contributed by atoms with Crippen molar-refractivity contribution < 1.29 is 15.0 Å². The van der Waals surface area contributed by atoms with E-state index >= 15 is 0 Å². The van der Waals surface area contributed by atoms with E-state index in [4.69, 9.17) is 5.11 Å². The molecule has 0 amide bonds. The number of hydrogen-bond acceptors (Lipinski definition) is 3. The largest absolute Gasteiger partial charge is 0.481 e. The molecular weight excluding hydrogens is 240 g/mol. The molecule has 5 nitrogen and oxygen atoms in total. The Morgan fingerprint density at radius 1 is 1.85 bits per heavy atom. The molecule has 13 heavy (non-hydrogen) atoms. The van der Waals surface area contributed by atoms with Crippen LogP contribution in [-0.2, 0) is 11.8 Å². The third kappa shape index (κ3) is 2.53. The zero-order chi connectivity index (χ0) is 10.0. The highest BCUT2D eigenvalue weighted by Gasteiger charge is 2.16. The summed E-state index contributed by atoms with van der Waals surface area (Å²) < 4.78 is 2.02. The minimum atomic E-state index is -1.04. The van der Waals surface area contributed by atoms with Gasteiger partial charge in [0, 0.05) is 7.05 Å². The number of aliphatic carboxylic acids is 1. The Hall–Kier alpha value is -0.880. The summed E-state index contributed by atoms with van der Waals surface area (Å²) in [5.41, 5.74) is 0.481. The van der Waals surface area contributed by atoms with Crippen molar-refractivity contribution in [2.45, 2.75) is 12.5 Å². The van der Waals surface area contributed by atoms with Crippen molar-refractivity contribution in [2.75, 3.05) is 0 Å². The second-order valence-corrected chi connectivity index (χ2v) is 3.44. The first-order valence-electron chi connectivity index (χ1n) is 3.60. The fourth-order valence-electron chi connectivity index (χ4n) is 1.03. The Kier molecular flexibility index (Phi) is 3.05. The Balaban J connectivity index is 2.81. The van der Waals surface area contributed by atoms with Gasteiger partial charge in [0.25, 0.3) is 0 Å². The van der Waals surface area contributed by atoms with Gasteiger partial charge in [-0.25, -0.2) is 0 Å². The van der Waals surface area contributed by atoms with Crippen molar-refractivity contribution >= 4 is 21.9 Å². The molecule has 0 fully saturated rings. The Bertz CT molecular complexity index is 324. The first-order chi connectivity index (χ1) is 6.00. The van der Waals surface area contributed by atoms with Crippen molar-refractivity contribution in [1.82, 2.24) is 9.78 Å². The second-order valence-electron chi connectivity index (χ2n) is 2.63. The van der Waals surface area contributed by atoms with E-state index in [1.807, 2.05) is 0 Å². The molecule has 1 rings (SSSR count). The van der Waals surface area contributed by atoms with Crippen LogP contribution in [0.4, 0.5) is 0 Å². The summed E-state index contributed by atoms with van der Waals surface area (Å²) in [4.78, 5) is 10.3. The number of halogens is 1. The van der Waals surface area contributed by atoms with E-state index in [-0.39, 0.29) is 6.42 Å². The fourth-order valence-corrected chi connectivity index (χ4v) is 1.50. The van der Waals surface area contributed by atoms with E-state index in [0.717, 1.165) is 0 Å². The number of hydrogen-bond donors (Lipinski definition) is 2. The first-order valence-corrected chi connectivity index (χ1v) is 4.39. The summed E-state index contributed by atoms with van der Waals surface area (Å²) >= 11 is 3.13. The van der Waals surface area contributed by atoms with E-state index in [1.165, 1.54) is 4.68 Å². The van der Waals surface area contributed by atoms with Gasteiger partial charge in [-0.2, -0.15) is 5.10 Å². The highest BCUT2D eigenvalue weighted by Crippen LogP contribution is 2.19. The molecule has 0 saturated carbocycles. The Labute approximate surface area is 83.1 Å². The average Bonchev–Trinajstić information content (AvgIpc) is 2.28. The lowest BCUT2D eigenvalue weighted by atomic mass is 10.2. The summed E-state index contributed by atoms with van der Waals surface area (Å²) in [6.07, 6.45) is -1.33. The molecule has 72 valence electrons. The molecule has 1 aromatic heterocycles. The molecule has 0 aliphatic rings. The molecule has 1 aromatic rings. The van der Waals surface area contributed by atoms with Crippen molar-refractivity contribution in [1.29, 1.82) is 0 Å². The van der Waals surface area contributed by atoms with Gasteiger partial charge in [-0.15, -0.1) is 0 Å². The van der Waals surface area contributed by atoms with Crippen molar-refractivity contribution in [3.8, 4) is 0 Å². The maximum atomic E-state index is 10.3. The lowest BCUT2D eigenvalue weighted by Crippen LogP contribution is -2.09. The van der Waals surface area contributed by atoms with Crippen molar-refractivity contribution in [2.24, 2.45) is 7.05 Å². The molecule has 2 N–H and O–H groups in total. The number of carboxylic acid groups (broad SMARTS) is 1. The molecule has 1 heterocycles. The fraction of sp³-hybridized carbons (Fsp3) is 0.429. The SMILES string of the molecule is Cn1nc(Br)cc1[C@H](O)CC(=O)O. The van der Waals surface area contributed by atoms with Crippen LogP contribution in [0.15, 0.2) is 10.7 Å². The summed E-state index contributed by atoms with van der Waals surface area (Å²) in [5, 5.41) is 21.8. The number of rotatable bonds is 3. The molecule has 6 heteroatoms. The molecule has 1 atom stereocenters. The summed E-state index contributed by atoms with van der Waals surface area (Å²) in [6, 6.07) is 1.59. The highest BCUT2D eigenvalue weighted by atomic mass is 79.9. The van der Waals surface area contributed by atoms with Gasteiger partial charge in [0.15, 0.2) is 0 Å². The molecule has 0 aliphatic carbocycles. The van der Waals surface area contributed by atoms with Crippen LogP contribution in [0, 0.1) is 0 Å². The average molecular weight is 249 g/mol. The topological polar surface area (TPSA) is 75.3 Å². The van der Waals surface area contributed by atoms with Gasteiger partial charge in [0.05, 0.1) is 12.1 Å². The lowest BCUT2D eigenvalue weighted by molar-refractivity contribution is -0.139. The van der Waals surface area contributed by atoms with Crippen molar-refractivity contribution in [3.05, 3.63) is 16.4 Å². The van der Waals surface area contributed by atoms with E-state index in [1.54, 1.807) is 13.1 Å². The summed E-state index contributed by atoms with van der Waals surface area (Å²) in [5.74, 6) is -1.04. The predicted molar refractivity (Wildman–Crippen MR) is 48.1 cm³/mol. The van der Waals surface area contributed by atoms with Gasteiger partial charge in [0.2, 0.25) is 0 Å². The van der Waals surface area contributed by atoms with Crippen LogP contribution in [0.1, 0.15) is 18.2 Å². The zero-order valence-electron chi connectivity index (χ0n) is 6.94. The molecule has 0 unspecified atom stereocenters. The van der Waals surface area contributed by atoms with Crippen LogP contribution in [-0.4, -0.2) is 26.0 Å². The standard InChI is InChI=1S/C7H9BrN2O3/c1-10-4(2-6(8)9-10)5(11)3-7(12)13/h2,5,11H,3H2,1H3,(H,12,13)/t5-/m1/s1. The quantitative estimate of drug-likeness (QED) is 0.826. The van der Waals surface area contributed by atoms with E-state index in [2.05, 4.69) is 21.0 Å². The Morgan fingerprint density at radius 3 is 2.85 bits per heavy atom. The molecule has 0 aliphatic heterocycles. The maximum Gasteiger partial charge on any atom is 0.306 e. The van der Waals surface area contributed by atoms with E-state index < -0.39 is 12.1 Å². The van der Waals surface area contributed by atoms with Crippen LogP contribution in [0.5, 0.6) is 0 Å². The van der Waals surface area contributed by atoms with Gasteiger partial charge < -0.3 is 10.2 Å². The smallest absolute Gasteiger partial charge is 0.306 e. The lowest BCUT2D eigenvalue weighted by Gasteiger charge is -2.06. The third-order valence-electron chi connectivity index (χ3n) is 1.60. The van der Waals surface area contributed by atoms with Gasteiger partial charge in [0.1, 0.15) is 10.7 Å². The number of nitrogens with zero attached hydrogens (tertiary/aromatic N) is 2. The number of aliphatic hydroxyl groups excluding tert-OH is 1. The zero-order valence-corrected chi connectivity index (χ0v) is 8.52. The maximum absolute atomic E-state index is 10.3. The monoisotopic (exact) mass is 248 g/mol. The minimum Gasteiger partial charge on any atom is -0.481 e. The highest BCUT2D eigenvalue weighted by molar-refractivity contribution is 9.10. The third-order valence-corrected chi connectivity index (χ3v) is 1.98. The second kappa shape index (κ2) is 3.89. The van der Waals surface area contributed by atoms with Crippen LogP contribution in [0.3, 0.4) is 0 Å². The number of aromatic nitrogens is 2. The first kappa shape index (κ1) is 10.2. The normalized spacial score (nSPS) is 12.8. The Morgan fingerprint density at radius 2 is 2.46 bits per heavy atom. The molecule has 0 bridgehead atoms. The summed E-state index contributed by atoms with van der Waals surface area (Å²) in [7, 11) is 1.64. The van der Waals surface area contributed by atoms with Gasteiger partial charge >= 0.3 is 5.97 Å². The van der Waals surface area contributed by atoms with Gasteiger partial charge in [-0.1, -0.05) is 0 Å². The predicted octanol–water partition coefficient (Wildman–Crippen LogP) is 0.691. The van der Waals surface area contributed by atoms with Gasteiger partial charge in [-0.3, -0.25) is 9.48 Å². The van der Waals surface area contributed by atoms with E-state index in [0.29, 0.717) is 10.3 Å². The molecular formula is C7H9BrN2O3. The number of carboxylic acids is 1. The minimum absolute atomic E-state index is 0.314. The van der Waals surface area contributed by atoms with E-state index in [9.17, 15) is 9.90 Å². The van der Waals surface area contributed by atoms with Crippen molar-refractivity contribution in [3.63, 3.8) is 0 Å². The number of carbonyl (C=O) groups is 1. The van der Waals surface area contributed by atoms with Crippen LogP contribution >= 0.6 is 15.9 Å². The van der Waals surface area contributed by atoms with Gasteiger partial charge in [-0.05, 0) is 22.0 Å². The molecule has 0 aromatic carbocycles. The summed E-state index contributed by atoms with van der Waals surface area (Å²) in [6.45, 7) is 0. The molecule has 0 saturated heterocycles. The molecule has 0 spiro atoms. The van der Waals surface area contributed by atoms with Crippen LogP contribution < -0.4 is 0 Å². The van der Waals surface area contributed by atoms with Crippen LogP contribution in [0.2, 0.25) is 0 Å². The number of aryl methyl sites for hydroxylation is 1. The molecule has 0 radical (unpaired) electrons.